The van der Waals surface area contributed by atoms with Crippen LogP contribution in [0.3, 0.4) is 0 Å². The maximum absolute atomic E-state index is 13.8. The molecule has 104 valence electrons. The van der Waals surface area contributed by atoms with Gasteiger partial charge in [-0.15, -0.1) is 0 Å². The van der Waals surface area contributed by atoms with Crippen molar-refractivity contribution >= 4 is 11.4 Å². The zero-order valence-corrected chi connectivity index (χ0v) is 11.3. The summed E-state index contributed by atoms with van der Waals surface area (Å²) in [6, 6.07) is 11.3. The third-order valence-corrected chi connectivity index (χ3v) is 3.09. The highest BCUT2D eigenvalue weighted by molar-refractivity contribution is 5.63. The summed E-state index contributed by atoms with van der Waals surface area (Å²) in [5, 5.41) is 13.8. The lowest BCUT2D eigenvalue weighted by atomic mass is 10.1. The van der Waals surface area contributed by atoms with Gasteiger partial charge < -0.3 is 5.32 Å². The molecule has 0 radical (unpaired) electrons. The molecule has 1 atom stereocenters. The van der Waals surface area contributed by atoms with Gasteiger partial charge in [0.1, 0.15) is 5.69 Å². The first-order chi connectivity index (χ1) is 9.49. The fourth-order valence-corrected chi connectivity index (χ4v) is 2.05. The Kier molecular flexibility index (Phi) is 3.98. The van der Waals surface area contributed by atoms with Crippen molar-refractivity contribution in [1.82, 2.24) is 0 Å². The van der Waals surface area contributed by atoms with Crippen LogP contribution in [0.25, 0.3) is 0 Å². The molecule has 4 nitrogen and oxygen atoms in total. The predicted octanol–water partition coefficient (Wildman–Crippen LogP) is 4.22. The predicted molar refractivity (Wildman–Crippen MR) is 76.3 cm³/mol. The van der Waals surface area contributed by atoms with E-state index in [1.54, 1.807) is 0 Å². The molecule has 0 heterocycles. The van der Waals surface area contributed by atoms with E-state index in [-0.39, 0.29) is 17.4 Å². The number of anilines is 1. The molecule has 0 fully saturated rings. The molecule has 2 aromatic rings. The van der Waals surface area contributed by atoms with Crippen molar-refractivity contribution in [2.45, 2.75) is 19.9 Å². The Hall–Kier alpha value is -2.43. The maximum Gasteiger partial charge on any atom is 0.295 e. The molecule has 1 N–H and O–H groups in total. The first-order valence-electron chi connectivity index (χ1n) is 6.25. The van der Waals surface area contributed by atoms with Gasteiger partial charge in [-0.1, -0.05) is 35.9 Å². The molecule has 0 aliphatic heterocycles. The number of halogens is 1. The summed E-state index contributed by atoms with van der Waals surface area (Å²) < 4.78 is 13.8. The number of para-hydroxylation sites is 1. The van der Waals surface area contributed by atoms with Crippen molar-refractivity contribution < 1.29 is 9.31 Å². The highest BCUT2D eigenvalue weighted by Gasteiger charge is 2.19. The largest absolute Gasteiger partial charge is 0.371 e. The molecule has 0 saturated heterocycles. The van der Waals surface area contributed by atoms with Crippen LogP contribution < -0.4 is 5.32 Å². The quantitative estimate of drug-likeness (QED) is 0.671. The van der Waals surface area contributed by atoms with Crippen LogP contribution in [-0.4, -0.2) is 4.92 Å². The molecule has 0 aliphatic carbocycles. The molecular weight excluding hydrogens is 259 g/mol. The second-order valence-electron chi connectivity index (χ2n) is 4.67. The lowest BCUT2D eigenvalue weighted by Gasteiger charge is -2.16. The van der Waals surface area contributed by atoms with E-state index in [0.29, 0.717) is 0 Å². The highest BCUT2D eigenvalue weighted by atomic mass is 19.1. The first kappa shape index (κ1) is 14.0. The SMILES string of the molecule is Cc1cccc(C(C)Nc2c(F)cccc2[N+](=O)[O-])c1. The van der Waals surface area contributed by atoms with Gasteiger partial charge in [-0.05, 0) is 25.5 Å². The van der Waals surface area contributed by atoms with Crippen molar-refractivity contribution in [1.29, 1.82) is 0 Å². The zero-order chi connectivity index (χ0) is 14.7. The fraction of sp³-hybridized carbons (Fsp3) is 0.200. The molecule has 2 aromatic carbocycles. The monoisotopic (exact) mass is 274 g/mol. The molecular formula is C15H15FN2O2. The van der Waals surface area contributed by atoms with Crippen molar-refractivity contribution in [2.24, 2.45) is 0 Å². The van der Waals surface area contributed by atoms with Crippen LogP contribution in [0.4, 0.5) is 15.8 Å². The van der Waals surface area contributed by atoms with Gasteiger partial charge in [-0.25, -0.2) is 4.39 Å². The topological polar surface area (TPSA) is 55.2 Å². The van der Waals surface area contributed by atoms with Gasteiger partial charge in [0.15, 0.2) is 5.82 Å². The molecule has 0 saturated carbocycles. The van der Waals surface area contributed by atoms with E-state index in [2.05, 4.69) is 5.32 Å². The molecule has 0 aromatic heterocycles. The summed E-state index contributed by atoms with van der Waals surface area (Å²) in [5.41, 5.74) is 1.69. The van der Waals surface area contributed by atoms with E-state index >= 15 is 0 Å². The number of aryl methyl sites for hydroxylation is 1. The van der Waals surface area contributed by atoms with Crippen LogP contribution >= 0.6 is 0 Å². The Morgan fingerprint density at radius 2 is 1.95 bits per heavy atom. The van der Waals surface area contributed by atoms with Gasteiger partial charge >= 0.3 is 0 Å². The van der Waals surface area contributed by atoms with Crippen molar-refractivity contribution in [2.75, 3.05) is 5.32 Å². The van der Waals surface area contributed by atoms with Gasteiger partial charge in [0.25, 0.3) is 5.69 Å². The minimum absolute atomic E-state index is 0.0773. The number of nitrogens with one attached hydrogen (secondary N) is 1. The molecule has 5 heteroatoms. The Bertz CT molecular complexity index is 644. The number of nitro benzene ring substituents is 1. The molecule has 0 amide bonds. The maximum atomic E-state index is 13.8. The Morgan fingerprint density at radius 1 is 1.25 bits per heavy atom. The average molecular weight is 274 g/mol. The minimum Gasteiger partial charge on any atom is -0.371 e. The van der Waals surface area contributed by atoms with Crippen molar-refractivity contribution in [3.63, 3.8) is 0 Å². The summed E-state index contributed by atoms with van der Waals surface area (Å²) in [5.74, 6) is -0.626. The van der Waals surface area contributed by atoms with E-state index in [9.17, 15) is 14.5 Å². The summed E-state index contributed by atoms with van der Waals surface area (Å²) >= 11 is 0. The zero-order valence-electron chi connectivity index (χ0n) is 11.3. The van der Waals surface area contributed by atoms with Gasteiger partial charge in [0.2, 0.25) is 0 Å². The van der Waals surface area contributed by atoms with E-state index in [0.717, 1.165) is 11.1 Å². The molecule has 0 spiro atoms. The first-order valence-corrected chi connectivity index (χ1v) is 6.25. The van der Waals surface area contributed by atoms with Crippen molar-refractivity contribution in [3.05, 3.63) is 69.5 Å². The second kappa shape index (κ2) is 5.69. The molecule has 20 heavy (non-hydrogen) atoms. The van der Waals surface area contributed by atoms with E-state index in [1.807, 2.05) is 38.1 Å². The third-order valence-electron chi connectivity index (χ3n) is 3.09. The van der Waals surface area contributed by atoms with E-state index < -0.39 is 10.7 Å². The standard InChI is InChI=1S/C15H15FN2O2/c1-10-5-3-6-12(9-10)11(2)17-15-13(16)7-4-8-14(15)18(19)20/h3-9,11,17H,1-2H3. The Morgan fingerprint density at radius 3 is 2.60 bits per heavy atom. The molecule has 0 bridgehead atoms. The number of rotatable bonds is 4. The highest BCUT2D eigenvalue weighted by Crippen LogP contribution is 2.30. The van der Waals surface area contributed by atoms with Crippen LogP contribution in [0.15, 0.2) is 42.5 Å². The summed E-state index contributed by atoms with van der Waals surface area (Å²) in [6.07, 6.45) is 0. The average Bonchev–Trinajstić information content (AvgIpc) is 2.40. The number of nitro groups is 1. The Balaban J connectivity index is 2.32. The van der Waals surface area contributed by atoms with E-state index in [4.69, 9.17) is 0 Å². The lowest BCUT2D eigenvalue weighted by molar-refractivity contribution is -0.384. The fourth-order valence-electron chi connectivity index (χ4n) is 2.05. The molecule has 0 aliphatic rings. The van der Waals surface area contributed by atoms with Gasteiger partial charge in [-0.2, -0.15) is 0 Å². The smallest absolute Gasteiger partial charge is 0.295 e. The number of nitrogens with zero attached hydrogens (tertiary/aromatic N) is 1. The van der Waals surface area contributed by atoms with Crippen LogP contribution in [-0.2, 0) is 0 Å². The third kappa shape index (κ3) is 2.93. The lowest BCUT2D eigenvalue weighted by Crippen LogP contribution is -2.10. The van der Waals surface area contributed by atoms with E-state index in [1.165, 1.54) is 18.2 Å². The normalized spacial score (nSPS) is 11.9. The van der Waals surface area contributed by atoms with Crippen LogP contribution in [0.5, 0.6) is 0 Å². The van der Waals surface area contributed by atoms with Gasteiger partial charge in [0, 0.05) is 12.1 Å². The molecule has 1 unspecified atom stereocenters. The minimum atomic E-state index is -0.626. The van der Waals surface area contributed by atoms with Crippen LogP contribution in [0, 0.1) is 22.9 Å². The van der Waals surface area contributed by atoms with Crippen molar-refractivity contribution in [3.8, 4) is 0 Å². The summed E-state index contributed by atoms with van der Waals surface area (Å²) in [6.45, 7) is 3.80. The van der Waals surface area contributed by atoms with Gasteiger partial charge in [0.05, 0.1) is 4.92 Å². The summed E-state index contributed by atoms with van der Waals surface area (Å²) in [4.78, 5) is 10.4. The number of hydrogen-bond acceptors (Lipinski definition) is 3. The number of hydrogen-bond donors (Lipinski definition) is 1. The van der Waals surface area contributed by atoms with Gasteiger partial charge in [-0.3, -0.25) is 10.1 Å². The Labute approximate surface area is 116 Å². The number of benzene rings is 2. The second-order valence-corrected chi connectivity index (χ2v) is 4.67. The summed E-state index contributed by atoms with van der Waals surface area (Å²) in [7, 11) is 0. The van der Waals surface area contributed by atoms with Crippen LogP contribution in [0.1, 0.15) is 24.1 Å². The van der Waals surface area contributed by atoms with Crippen LogP contribution in [0.2, 0.25) is 0 Å². The molecule has 2 rings (SSSR count).